The van der Waals surface area contributed by atoms with Gasteiger partial charge in [0.15, 0.2) is 0 Å². The van der Waals surface area contributed by atoms with Crippen molar-refractivity contribution in [2.45, 2.75) is 38.6 Å². The fraction of sp³-hybridized carbons (Fsp3) is 0.409. The van der Waals surface area contributed by atoms with E-state index in [4.69, 9.17) is 5.26 Å². The molecule has 0 amide bonds. The van der Waals surface area contributed by atoms with Crippen LogP contribution in [0.2, 0.25) is 0 Å². The summed E-state index contributed by atoms with van der Waals surface area (Å²) < 4.78 is 28.2. The van der Waals surface area contributed by atoms with Crippen molar-refractivity contribution in [3.63, 3.8) is 0 Å². The van der Waals surface area contributed by atoms with Gasteiger partial charge in [-0.15, -0.1) is 0 Å². The predicted octanol–water partition coefficient (Wildman–Crippen LogP) is 3.38. The lowest BCUT2D eigenvalue weighted by Gasteiger charge is -2.23. The minimum atomic E-state index is -3.50. The summed E-state index contributed by atoms with van der Waals surface area (Å²) in [5.41, 5.74) is 4.51. The Morgan fingerprint density at radius 1 is 0.964 bits per heavy atom. The molecule has 28 heavy (non-hydrogen) atoms. The topological polar surface area (TPSA) is 64.4 Å². The van der Waals surface area contributed by atoms with Crippen molar-refractivity contribution in [1.29, 1.82) is 5.26 Å². The Morgan fingerprint density at radius 3 is 2.21 bits per heavy atom. The van der Waals surface area contributed by atoms with Crippen LogP contribution in [0.15, 0.2) is 41.3 Å². The molecule has 1 saturated heterocycles. The van der Waals surface area contributed by atoms with Crippen LogP contribution in [0.1, 0.15) is 34.2 Å². The third kappa shape index (κ3) is 4.44. The Bertz CT molecular complexity index is 968. The largest absolute Gasteiger partial charge is 0.298 e. The summed E-state index contributed by atoms with van der Waals surface area (Å²) in [7, 11) is -3.50. The van der Waals surface area contributed by atoms with Gasteiger partial charge >= 0.3 is 0 Å². The maximum Gasteiger partial charge on any atom is 0.243 e. The molecule has 0 aromatic heterocycles. The SMILES string of the molecule is Cc1cc(C)c(S(=O)(=O)N2CCCN(Cc3ccc(C#N)cc3)CC2)c(C)c1. The number of benzene rings is 2. The van der Waals surface area contributed by atoms with Gasteiger partial charge < -0.3 is 0 Å². The summed E-state index contributed by atoms with van der Waals surface area (Å²) in [6, 6.07) is 13.6. The van der Waals surface area contributed by atoms with E-state index in [1.165, 1.54) is 0 Å². The van der Waals surface area contributed by atoms with E-state index in [2.05, 4.69) is 11.0 Å². The maximum absolute atomic E-state index is 13.3. The minimum absolute atomic E-state index is 0.457. The van der Waals surface area contributed by atoms with Crippen LogP contribution in [-0.2, 0) is 16.6 Å². The molecule has 0 aliphatic carbocycles. The first-order chi connectivity index (χ1) is 13.3. The Hall–Kier alpha value is -2.20. The molecule has 0 spiro atoms. The second-order valence-electron chi connectivity index (χ2n) is 7.57. The number of aryl methyl sites for hydroxylation is 3. The predicted molar refractivity (Wildman–Crippen MR) is 110 cm³/mol. The minimum Gasteiger partial charge on any atom is -0.298 e. The molecule has 0 saturated carbocycles. The highest BCUT2D eigenvalue weighted by Crippen LogP contribution is 2.26. The molecule has 1 heterocycles. The van der Waals surface area contributed by atoms with Gasteiger partial charge in [-0.1, -0.05) is 29.8 Å². The van der Waals surface area contributed by atoms with E-state index < -0.39 is 10.0 Å². The first kappa shape index (κ1) is 20.5. The zero-order chi connectivity index (χ0) is 20.3. The molecule has 6 heteroatoms. The molecule has 1 aliphatic heterocycles. The van der Waals surface area contributed by atoms with Gasteiger partial charge in [0.05, 0.1) is 16.5 Å². The average Bonchev–Trinajstić information content (AvgIpc) is 2.87. The summed E-state index contributed by atoms with van der Waals surface area (Å²) in [5, 5.41) is 8.92. The summed E-state index contributed by atoms with van der Waals surface area (Å²) in [6.45, 7) is 9.10. The zero-order valence-electron chi connectivity index (χ0n) is 16.8. The first-order valence-electron chi connectivity index (χ1n) is 9.60. The van der Waals surface area contributed by atoms with Gasteiger partial charge in [0.25, 0.3) is 0 Å². The van der Waals surface area contributed by atoms with Crippen molar-refractivity contribution in [3.05, 3.63) is 64.2 Å². The first-order valence-corrected chi connectivity index (χ1v) is 11.0. The molecule has 3 rings (SSSR count). The highest BCUT2D eigenvalue weighted by Gasteiger charge is 2.29. The van der Waals surface area contributed by atoms with E-state index in [0.29, 0.717) is 30.1 Å². The van der Waals surface area contributed by atoms with E-state index in [9.17, 15) is 8.42 Å². The third-order valence-electron chi connectivity index (χ3n) is 5.24. The molecule has 1 aliphatic rings. The molecule has 5 nitrogen and oxygen atoms in total. The van der Waals surface area contributed by atoms with Crippen LogP contribution >= 0.6 is 0 Å². The molecule has 0 N–H and O–H groups in total. The van der Waals surface area contributed by atoms with Gasteiger partial charge in [0, 0.05) is 26.2 Å². The lowest BCUT2D eigenvalue weighted by atomic mass is 10.1. The lowest BCUT2D eigenvalue weighted by Crippen LogP contribution is -2.35. The summed E-state index contributed by atoms with van der Waals surface area (Å²) in [5.74, 6) is 0. The van der Waals surface area contributed by atoms with E-state index in [1.54, 1.807) is 4.31 Å². The van der Waals surface area contributed by atoms with Crippen LogP contribution in [0.5, 0.6) is 0 Å². The van der Waals surface area contributed by atoms with Crippen LogP contribution in [0.3, 0.4) is 0 Å². The number of hydrogen-bond acceptors (Lipinski definition) is 4. The summed E-state index contributed by atoms with van der Waals surface area (Å²) in [4.78, 5) is 2.74. The van der Waals surface area contributed by atoms with Gasteiger partial charge in [-0.3, -0.25) is 4.90 Å². The van der Waals surface area contributed by atoms with Crippen molar-refractivity contribution in [2.75, 3.05) is 26.2 Å². The highest BCUT2D eigenvalue weighted by molar-refractivity contribution is 7.89. The van der Waals surface area contributed by atoms with Crippen LogP contribution in [0.25, 0.3) is 0 Å². The van der Waals surface area contributed by atoms with Crippen LogP contribution in [0.4, 0.5) is 0 Å². The average molecular weight is 398 g/mol. The van der Waals surface area contributed by atoms with Gasteiger partial charge in [-0.2, -0.15) is 9.57 Å². The van der Waals surface area contributed by atoms with Crippen LogP contribution in [0, 0.1) is 32.1 Å². The van der Waals surface area contributed by atoms with Gasteiger partial charge in [-0.25, -0.2) is 8.42 Å². The van der Waals surface area contributed by atoms with Gasteiger partial charge in [-0.05, 0) is 62.6 Å². The molecule has 148 valence electrons. The monoisotopic (exact) mass is 397 g/mol. The van der Waals surface area contributed by atoms with Crippen molar-refractivity contribution < 1.29 is 8.42 Å². The molecular formula is C22H27N3O2S. The Morgan fingerprint density at radius 2 is 1.61 bits per heavy atom. The van der Waals surface area contributed by atoms with Gasteiger partial charge in [0.1, 0.15) is 0 Å². The fourth-order valence-electron chi connectivity index (χ4n) is 3.99. The second-order valence-corrected chi connectivity index (χ2v) is 9.45. The lowest BCUT2D eigenvalue weighted by molar-refractivity contribution is 0.278. The van der Waals surface area contributed by atoms with Crippen molar-refractivity contribution in [1.82, 2.24) is 9.21 Å². The molecular weight excluding hydrogens is 370 g/mol. The number of hydrogen-bond donors (Lipinski definition) is 0. The van der Waals surface area contributed by atoms with E-state index in [1.807, 2.05) is 57.2 Å². The zero-order valence-corrected chi connectivity index (χ0v) is 17.6. The van der Waals surface area contributed by atoms with E-state index in [0.717, 1.165) is 41.8 Å². The number of nitrogens with zero attached hydrogens (tertiary/aromatic N) is 3. The Labute approximate surface area is 168 Å². The molecule has 0 atom stereocenters. The van der Waals surface area contributed by atoms with E-state index in [-0.39, 0.29) is 0 Å². The van der Waals surface area contributed by atoms with Crippen molar-refractivity contribution >= 4 is 10.0 Å². The van der Waals surface area contributed by atoms with Crippen molar-refractivity contribution in [2.24, 2.45) is 0 Å². The standard InChI is InChI=1S/C22H27N3O2S/c1-17-13-18(2)22(19(3)14-17)28(26,27)25-10-4-9-24(11-12-25)16-21-7-5-20(15-23)6-8-21/h5-8,13-14H,4,9-12,16H2,1-3H3. The molecule has 0 unspecified atom stereocenters. The van der Waals surface area contributed by atoms with Crippen molar-refractivity contribution in [3.8, 4) is 6.07 Å². The summed E-state index contributed by atoms with van der Waals surface area (Å²) >= 11 is 0. The third-order valence-corrected chi connectivity index (χ3v) is 7.44. The number of nitriles is 1. The molecule has 2 aromatic carbocycles. The van der Waals surface area contributed by atoms with Crippen LogP contribution in [-0.4, -0.2) is 43.8 Å². The maximum atomic E-state index is 13.3. The van der Waals surface area contributed by atoms with Gasteiger partial charge in [0.2, 0.25) is 10.0 Å². The fourth-order valence-corrected chi connectivity index (χ4v) is 5.87. The molecule has 0 radical (unpaired) electrons. The second kappa shape index (κ2) is 8.44. The normalized spacial score (nSPS) is 16.5. The van der Waals surface area contributed by atoms with Crippen LogP contribution < -0.4 is 0 Å². The molecule has 1 fully saturated rings. The summed E-state index contributed by atoms with van der Waals surface area (Å²) in [6.07, 6.45) is 0.805. The quantitative estimate of drug-likeness (QED) is 0.793. The number of sulfonamides is 1. The highest BCUT2D eigenvalue weighted by atomic mass is 32.2. The number of rotatable bonds is 4. The Kier molecular flexibility index (Phi) is 6.19. The molecule has 2 aromatic rings. The smallest absolute Gasteiger partial charge is 0.243 e. The Balaban J connectivity index is 1.73. The van der Waals surface area contributed by atoms with E-state index >= 15 is 0 Å². The molecule has 0 bridgehead atoms.